The van der Waals surface area contributed by atoms with Crippen LogP contribution >= 0.6 is 0 Å². The maximum atomic E-state index is 12.8. The summed E-state index contributed by atoms with van der Waals surface area (Å²) in [5.41, 5.74) is -0.139. The van der Waals surface area contributed by atoms with E-state index in [4.69, 9.17) is 4.74 Å². The zero-order valence-electron chi connectivity index (χ0n) is 12.8. The lowest BCUT2D eigenvalue weighted by Crippen LogP contribution is -2.51. The van der Waals surface area contributed by atoms with Crippen LogP contribution in [0.3, 0.4) is 0 Å². The second-order valence-electron chi connectivity index (χ2n) is 6.25. The largest absolute Gasteiger partial charge is 0.385 e. The Morgan fingerprint density at radius 1 is 1.52 bits per heavy atom. The molecule has 0 spiro atoms. The fraction of sp³-hybridized carbons (Fsp3) is 0.733. The van der Waals surface area contributed by atoms with Crippen molar-refractivity contribution < 1.29 is 9.53 Å². The molecule has 1 atom stereocenters. The van der Waals surface area contributed by atoms with Gasteiger partial charge in [0.05, 0.1) is 11.5 Å². The van der Waals surface area contributed by atoms with Crippen LogP contribution in [0, 0.1) is 5.41 Å². The number of amides is 1. The number of nitrogens with one attached hydrogen (secondary N) is 1. The van der Waals surface area contributed by atoms with Crippen molar-refractivity contribution in [3.63, 3.8) is 0 Å². The highest BCUT2D eigenvalue weighted by molar-refractivity contribution is 5.85. The van der Waals surface area contributed by atoms with Crippen molar-refractivity contribution in [2.75, 3.05) is 40.4 Å². The van der Waals surface area contributed by atoms with Crippen LogP contribution in [-0.4, -0.2) is 66.1 Å². The van der Waals surface area contributed by atoms with Crippen LogP contribution < -0.4 is 0 Å². The second kappa shape index (κ2) is 5.77. The molecule has 0 radical (unpaired) electrons. The maximum Gasteiger partial charge on any atom is 0.228 e. The van der Waals surface area contributed by atoms with E-state index in [-0.39, 0.29) is 11.5 Å². The van der Waals surface area contributed by atoms with E-state index >= 15 is 0 Å². The first-order valence-corrected chi connectivity index (χ1v) is 7.64. The Bertz CT molecular complexity index is 484. The van der Waals surface area contributed by atoms with Crippen molar-refractivity contribution >= 4 is 5.91 Å². The van der Waals surface area contributed by atoms with E-state index in [9.17, 15) is 4.79 Å². The molecule has 1 saturated heterocycles. The number of carbonyl (C=O) groups excluding carboxylic acids is 1. The van der Waals surface area contributed by atoms with E-state index in [1.807, 2.05) is 11.1 Å². The minimum Gasteiger partial charge on any atom is -0.385 e. The van der Waals surface area contributed by atoms with Crippen molar-refractivity contribution in [2.45, 2.75) is 25.3 Å². The van der Waals surface area contributed by atoms with Gasteiger partial charge in [0, 0.05) is 45.7 Å². The summed E-state index contributed by atoms with van der Waals surface area (Å²) in [4.78, 5) is 24.6. The van der Waals surface area contributed by atoms with Gasteiger partial charge in [0.15, 0.2) is 0 Å². The molecule has 6 nitrogen and oxygen atoms in total. The highest BCUT2D eigenvalue weighted by atomic mass is 16.5. The lowest BCUT2D eigenvalue weighted by Gasteiger charge is -2.40. The van der Waals surface area contributed by atoms with Crippen LogP contribution in [0.4, 0.5) is 0 Å². The quantitative estimate of drug-likeness (QED) is 0.881. The summed E-state index contributed by atoms with van der Waals surface area (Å²) in [7, 11) is 3.79. The first kappa shape index (κ1) is 14.5. The number of imidazole rings is 1. The van der Waals surface area contributed by atoms with Crippen LogP contribution in [0.1, 0.15) is 31.1 Å². The number of piperazine rings is 1. The monoisotopic (exact) mass is 292 g/mol. The van der Waals surface area contributed by atoms with E-state index in [0.29, 0.717) is 12.5 Å². The third-order valence-electron chi connectivity index (χ3n) is 4.86. The predicted molar refractivity (Wildman–Crippen MR) is 78.7 cm³/mol. The van der Waals surface area contributed by atoms with Gasteiger partial charge in [-0.25, -0.2) is 4.98 Å². The molecule has 6 heteroatoms. The van der Waals surface area contributed by atoms with Gasteiger partial charge in [-0.3, -0.25) is 9.69 Å². The number of ether oxygens (including phenoxy) is 1. The van der Waals surface area contributed by atoms with Crippen molar-refractivity contribution in [1.82, 2.24) is 19.8 Å². The van der Waals surface area contributed by atoms with Gasteiger partial charge in [-0.15, -0.1) is 0 Å². The molecule has 1 aliphatic heterocycles. The predicted octanol–water partition coefficient (Wildman–Crippen LogP) is 1.04. The Morgan fingerprint density at radius 3 is 2.95 bits per heavy atom. The topological polar surface area (TPSA) is 61.5 Å². The summed E-state index contributed by atoms with van der Waals surface area (Å²) in [6.07, 6.45) is 6.47. The summed E-state index contributed by atoms with van der Waals surface area (Å²) in [6.45, 7) is 3.08. The van der Waals surface area contributed by atoms with Crippen LogP contribution in [0.15, 0.2) is 12.4 Å². The molecule has 3 rings (SSSR count). The standard InChI is InChI=1S/C15H24N4O2/c1-18-8-9-19(11-12(18)13-16-6-7-17-13)14(20)15(3-4-15)5-10-21-2/h6-7,12H,3-5,8-11H2,1-2H3,(H,16,17). The van der Waals surface area contributed by atoms with Gasteiger partial charge in [0.1, 0.15) is 5.82 Å². The molecule has 2 fully saturated rings. The molecule has 1 N–H and O–H groups in total. The van der Waals surface area contributed by atoms with E-state index in [2.05, 4.69) is 21.9 Å². The molecule has 1 aromatic heterocycles. The van der Waals surface area contributed by atoms with Crippen LogP contribution in [0.25, 0.3) is 0 Å². The van der Waals surface area contributed by atoms with Crippen molar-refractivity contribution in [3.05, 3.63) is 18.2 Å². The van der Waals surface area contributed by atoms with Gasteiger partial charge in [0.25, 0.3) is 0 Å². The summed E-state index contributed by atoms with van der Waals surface area (Å²) in [5.74, 6) is 1.25. The second-order valence-corrected chi connectivity index (χ2v) is 6.25. The molecule has 1 aliphatic carbocycles. The van der Waals surface area contributed by atoms with E-state index in [0.717, 1.165) is 44.7 Å². The Labute approximate surface area is 125 Å². The minimum atomic E-state index is -0.139. The maximum absolute atomic E-state index is 12.8. The molecule has 1 saturated carbocycles. The molecule has 0 aromatic carbocycles. The molecule has 2 heterocycles. The summed E-state index contributed by atoms with van der Waals surface area (Å²) in [6, 6.07) is 0.163. The molecule has 1 unspecified atom stereocenters. The molecule has 1 amide bonds. The number of hydrogen-bond donors (Lipinski definition) is 1. The molecule has 116 valence electrons. The summed E-state index contributed by atoms with van der Waals surface area (Å²) in [5, 5.41) is 0. The Hall–Kier alpha value is -1.40. The number of methoxy groups -OCH3 is 1. The van der Waals surface area contributed by atoms with Crippen LogP contribution in [-0.2, 0) is 9.53 Å². The van der Waals surface area contributed by atoms with Crippen LogP contribution in [0.2, 0.25) is 0 Å². The van der Waals surface area contributed by atoms with Crippen molar-refractivity contribution in [3.8, 4) is 0 Å². The number of carbonyl (C=O) groups is 1. The Morgan fingerprint density at radius 2 is 2.33 bits per heavy atom. The fourth-order valence-electron chi connectivity index (χ4n) is 3.17. The van der Waals surface area contributed by atoms with Crippen molar-refractivity contribution in [2.24, 2.45) is 5.41 Å². The number of aromatic nitrogens is 2. The van der Waals surface area contributed by atoms with Crippen molar-refractivity contribution in [1.29, 1.82) is 0 Å². The number of nitrogens with zero attached hydrogens (tertiary/aromatic N) is 3. The molecular formula is C15H24N4O2. The van der Waals surface area contributed by atoms with Gasteiger partial charge < -0.3 is 14.6 Å². The Balaban J connectivity index is 1.67. The zero-order valence-corrected chi connectivity index (χ0v) is 12.8. The third-order valence-corrected chi connectivity index (χ3v) is 4.86. The third kappa shape index (κ3) is 2.82. The molecular weight excluding hydrogens is 268 g/mol. The van der Waals surface area contributed by atoms with Gasteiger partial charge in [0.2, 0.25) is 5.91 Å². The first-order chi connectivity index (χ1) is 10.2. The summed E-state index contributed by atoms with van der Waals surface area (Å²) >= 11 is 0. The van der Waals surface area contributed by atoms with Gasteiger partial charge in [-0.1, -0.05) is 0 Å². The number of likely N-dealkylation sites (N-methyl/N-ethyl adjacent to an activating group) is 1. The summed E-state index contributed by atoms with van der Waals surface area (Å²) < 4.78 is 5.16. The zero-order chi connectivity index (χ0) is 14.9. The van der Waals surface area contributed by atoms with Gasteiger partial charge in [-0.05, 0) is 26.3 Å². The number of H-pyrrole nitrogens is 1. The fourth-order valence-corrected chi connectivity index (χ4v) is 3.17. The SMILES string of the molecule is COCCC1(C(=O)N2CCN(C)C(c3ncc[nH]3)C2)CC1. The highest BCUT2D eigenvalue weighted by Gasteiger charge is 2.51. The van der Waals surface area contributed by atoms with Crippen LogP contribution in [0.5, 0.6) is 0 Å². The Kier molecular flexibility index (Phi) is 3.99. The average Bonchev–Trinajstić information content (AvgIpc) is 3.09. The number of hydrogen-bond acceptors (Lipinski definition) is 4. The molecule has 1 aromatic rings. The van der Waals surface area contributed by atoms with Gasteiger partial charge >= 0.3 is 0 Å². The first-order valence-electron chi connectivity index (χ1n) is 7.64. The van der Waals surface area contributed by atoms with E-state index in [1.54, 1.807) is 13.3 Å². The molecule has 2 aliphatic rings. The smallest absolute Gasteiger partial charge is 0.228 e. The number of aromatic amines is 1. The molecule has 21 heavy (non-hydrogen) atoms. The lowest BCUT2D eigenvalue weighted by atomic mass is 9.99. The molecule has 0 bridgehead atoms. The normalized spacial score (nSPS) is 25.0. The average molecular weight is 292 g/mol. The van der Waals surface area contributed by atoms with E-state index in [1.165, 1.54) is 0 Å². The van der Waals surface area contributed by atoms with Gasteiger partial charge in [-0.2, -0.15) is 0 Å². The highest BCUT2D eigenvalue weighted by Crippen LogP contribution is 2.50. The number of rotatable bonds is 5. The van der Waals surface area contributed by atoms with E-state index < -0.39 is 0 Å². The lowest BCUT2D eigenvalue weighted by molar-refractivity contribution is -0.140. The minimum absolute atomic E-state index is 0.139.